The number of allylic oxidation sites excluding steroid dienone is 1. The maximum atomic E-state index is 10.8. The van der Waals surface area contributed by atoms with Crippen molar-refractivity contribution < 1.29 is 29.6 Å². The molecule has 6 heteroatoms. The summed E-state index contributed by atoms with van der Waals surface area (Å²) in [5, 5.41) is 29.3. The number of aliphatic carboxylic acids is 1. The normalized spacial score (nSPS) is 30.6. The minimum absolute atomic E-state index is 0.0295. The van der Waals surface area contributed by atoms with Crippen molar-refractivity contribution in [3.63, 3.8) is 0 Å². The predicted octanol–water partition coefficient (Wildman–Crippen LogP) is 3.03. The summed E-state index contributed by atoms with van der Waals surface area (Å²) in [7, 11) is 0. The molecule has 0 unspecified atom stereocenters. The average Bonchev–Trinajstić information content (AvgIpc) is 3.00. The Bertz CT molecular complexity index is 661. The largest absolute Gasteiger partial charge is 0.491 e. The molecule has 0 amide bonds. The summed E-state index contributed by atoms with van der Waals surface area (Å²) < 4.78 is 11.7. The second-order valence-corrected chi connectivity index (χ2v) is 8.29. The Balaban J connectivity index is 1.57. The van der Waals surface area contributed by atoms with E-state index in [1.165, 1.54) is 0 Å². The van der Waals surface area contributed by atoms with E-state index < -0.39 is 12.1 Å². The maximum Gasteiger partial charge on any atom is 0.303 e. The molecular formula is C23H32O6. The van der Waals surface area contributed by atoms with E-state index in [2.05, 4.69) is 0 Å². The van der Waals surface area contributed by atoms with E-state index in [1.807, 2.05) is 36.4 Å². The summed E-state index contributed by atoms with van der Waals surface area (Å²) in [6.07, 6.45) is 6.70. The number of hydrogen-bond acceptors (Lipinski definition) is 5. The van der Waals surface area contributed by atoms with Gasteiger partial charge in [0.05, 0.1) is 12.2 Å². The van der Waals surface area contributed by atoms with Crippen LogP contribution in [0.4, 0.5) is 0 Å². The highest BCUT2D eigenvalue weighted by Gasteiger charge is 2.41. The Labute approximate surface area is 172 Å². The Morgan fingerprint density at radius 2 is 2.03 bits per heavy atom. The van der Waals surface area contributed by atoms with Crippen LogP contribution in [0.25, 0.3) is 0 Å². The minimum Gasteiger partial charge on any atom is -0.491 e. The Kier molecular flexibility index (Phi) is 8.09. The third-order valence-electron chi connectivity index (χ3n) is 5.98. The number of para-hydroxylation sites is 1. The van der Waals surface area contributed by atoms with Gasteiger partial charge in [-0.15, -0.1) is 0 Å². The molecule has 1 saturated carbocycles. The lowest BCUT2D eigenvalue weighted by molar-refractivity contribution is -0.137. The van der Waals surface area contributed by atoms with E-state index in [-0.39, 0.29) is 37.1 Å². The standard InChI is InChI=1S/C23H32O6/c24-18(15-28-20-6-2-1-3-7-20)10-9-17-11-16(5-4-8-23(26)27)14-29-22-13-19(25)12-21(17)22/h1-3,6-7,9-10,16-19,21-22,24-25H,4-5,8,11-15H2,(H,26,27)/b10-9+/t16-,17+,18+,19-,21-,22-/m0/s1. The number of carboxylic acids is 1. The number of rotatable bonds is 9. The topological polar surface area (TPSA) is 96.2 Å². The van der Waals surface area contributed by atoms with Crippen molar-refractivity contribution in [3.05, 3.63) is 42.5 Å². The smallest absolute Gasteiger partial charge is 0.303 e. The summed E-state index contributed by atoms with van der Waals surface area (Å²) in [4.78, 5) is 10.8. The summed E-state index contributed by atoms with van der Waals surface area (Å²) in [6.45, 7) is 0.792. The molecule has 1 heterocycles. The number of aliphatic hydroxyl groups is 2. The molecular weight excluding hydrogens is 372 g/mol. The third kappa shape index (κ3) is 6.84. The van der Waals surface area contributed by atoms with Gasteiger partial charge in [-0.25, -0.2) is 0 Å². The van der Waals surface area contributed by atoms with Crippen molar-refractivity contribution >= 4 is 5.97 Å². The van der Waals surface area contributed by atoms with Gasteiger partial charge >= 0.3 is 5.97 Å². The van der Waals surface area contributed by atoms with Crippen LogP contribution >= 0.6 is 0 Å². The highest BCUT2D eigenvalue weighted by atomic mass is 16.5. The molecule has 6 nitrogen and oxygen atoms in total. The van der Waals surface area contributed by atoms with Crippen molar-refractivity contribution in [3.8, 4) is 5.75 Å². The number of aliphatic hydroxyl groups excluding tert-OH is 2. The number of carbonyl (C=O) groups is 1. The summed E-state index contributed by atoms with van der Waals surface area (Å²) in [5.41, 5.74) is 0. The van der Waals surface area contributed by atoms with Crippen molar-refractivity contribution in [1.82, 2.24) is 0 Å². The SMILES string of the molecule is O=C(O)CCC[C@@H]1CO[C@H]2C[C@@H](O)C[C@H]2[C@H](/C=C/[C@@H](O)COc2ccccc2)C1. The molecule has 1 aromatic rings. The fourth-order valence-corrected chi connectivity index (χ4v) is 4.52. The monoisotopic (exact) mass is 404 g/mol. The first kappa shape index (κ1) is 21.8. The van der Waals surface area contributed by atoms with Crippen LogP contribution in [0.2, 0.25) is 0 Å². The van der Waals surface area contributed by atoms with Crippen molar-refractivity contribution in [2.24, 2.45) is 17.8 Å². The van der Waals surface area contributed by atoms with Crippen LogP contribution in [0.15, 0.2) is 42.5 Å². The highest BCUT2D eigenvalue weighted by molar-refractivity contribution is 5.66. The molecule has 2 aliphatic rings. The van der Waals surface area contributed by atoms with Crippen molar-refractivity contribution in [2.45, 2.75) is 56.8 Å². The van der Waals surface area contributed by atoms with Crippen LogP contribution < -0.4 is 4.74 Å². The molecule has 2 fully saturated rings. The molecule has 1 saturated heterocycles. The third-order valence-corrected chi connectivity index (χ3v) is 5.98. The number of ether oxygens (including phenoxy) is 2. The first-order valence-corrected chi connectivity index (χ1v) is 10.6. The van der Waals surface area contributed by atoms with Crippen molar-refractivity contribution in [2.75, 3.05) is 13.2 Å². The van der Waals surface area contributed by atoms with Gasteiger partial charge < -0.3 is 24.8 Å². The van der Waals surface area contributed by atoms with E-state index >= 15 is 0 Å². The second kappa shape index (κ2) is 10.8. The fraction of sp³-hybridized carbons (Fsp3) is 0.609. The van der Waals surface area contributed by atoms with Crippen molar-refractivity contribution in [1.29, 1.82) is 0 Å². The molecule has 29 heavy (non-hydrogen) atoms. The quantitative estimate of drug-likeness (QED) is 0.548. The lowest BCUT2D eigenvalue weighted by atomic mass is 9.82. The van der Waals surface area contributed by atoms with Gasteiger partial charge in [0.25, 0.3) is 0 Å². The molecule has 3 rings (SSSR count). The lowest BCUT2D eigenvalue weighted by Gasteiger charge is -2.23. The zero-order valence-electron chi connectivity index (χ0n) is 16.7. The summed E-state index contributed by atoms with van der Waals surface area (Å²) in [5.74, 6) is 0.677. The Morgan fingerprint density at radius 3 is 2.79 bits per heavy atom. The molecule has 1 aliphatic carbocycles. The van der Waals surface area contributed by atoms with E-state index in [9.17, 15) is 15.0 Å². The molecule has 0 bridgehead atoms. The maximum absolute atomic E-state index is 10.8. The fourth-order valence-electron chi connectivity index (χ4n) is 4.52. The Morgan fingerprint density at radius 1 is 1.24 bits per heavy atom. The second-order valence-electron chi connectivity index (χ2n) is 8.29. The van der Waals surface area contributed by atoms with E-state index in [1.54, 1.807) is 6.08 Å². The van der Waals surface area contributed by atoms with Crippen LogP contribution in [-0.2, 0) is 9.53 Å². The van der Waals surface area contributed by atoms with Crippen LogP contribution in [0.1, 0.15) is 38.5 Å². The van der Waals surface area contributed by atoms with Gasteiger partial charge in [0, 0.05) is 13.0 Å². The number of fused-ring (bicyclic) bond motifs is 1. The van der Waals surface area contributed by atoms with Gasteiger partial charge in [-0.1, -0.05) is 30.4 Å². The molecule has 1 aromatic carbocycles. The number of hydrogen-bond donors (Lipinski definition) is 3. The molecule has 6 atom stereocenters. The van der Waals surface area contributed by atoms with Crippen LogP contribution in [0.3, 0.4) is 0 Å². The summed E-state index contributed by atoms with van der Waals surface area (Å²) in [6, 6.07) is 9.39. The first-order valence-electron chi connectivity index (χ1n) is 10.6. The molecule has 0 spiro atoms. The van der Waals surface area contributed by atoms with E-state index in [0.717, 1.165) is 18.6 Å². The van der Waals surface area contributed by atoms with Gasteiger partial charge in [-0.05, 0) is 62.0 Å². The minimum atomic E-state index is -0.766. The zero-order valence-corrected chi connectivity index (χ0v) is 16.7. The van der Waals surface area contributed by atoms with Crippen LogP contribution in [-0.4, -0.2) is 52.8 Å². The van der Waals surface area contributed by atoms with Gasteiger partial charge in [0.15, 0.2) is 0 Å². The predicted molar refractivity (Wildman–Crippen MR) is 109 cm³/mol. The van der Waals surface area contributed by atoms with Gasteiger partial charge in [-0.2, -0.15) is 0 Å². The van der Waals surface area contributed by atoms with Gasteiger partial charge in [0.1, 0.15) is 18.5 Å². The molecule has 0 aromatic heterocycles. The van der Waals surface area contributed by atoms with Crippen LogP contribution in [0.5, 0.6) is 5.75 Å². The Hall–Kier alpha value is -1.89. The highest BCUT2D eigenvalue weighted by Crippen LogP contribution is 2.41. The van der Waals surface area contributed by atoms with Gasteiger partial charge in [-0.3, -0.25) is 4.79 Å². The zero-order chi connectivity index (χ0) is 20.6. The van der Waals surface area contributed by atoms with E-state index in [4.69, 9.17) is 14.6 Å². The molecule has 3 N–H and O–H groups in total. The number of carboxylic acid groups (broad SMARTS) is 1. The van der Waals surface area contributed by atoms with E-state index in [0.29, 0.717) is 31.8 Å². The van der Waals surface area contributed by atoms with Gasteiger partial charge in [0.2, 0.25) is 0 Å². The van der Waals surface area contributed by atoms with Crippen LogP contribution in [0, 0.1) is 17.8 Å². The first-order chi connectivity index (χ1) is 14.0. The molecule has 0 radical (unpaired) electrons. The molecule has 1 aliphatic heterocycles. The molecule has 160 valence electrons. The average molecular weight is 405 g/mol. The number of benzene rings is 1. The summed E-state index contributed by atoms with van der Waals surface area (Å²) >= 11 is 0. The lowest BCUT2D eigenvalue weighted by Crippen LogP contribution is -2.22.